The van der Waals surface area contributed by atoms with Crippen molar-refractivity contribution in [2.24, 2.45) is 0 Å². The molecule has 0 radical (unpaired) electrons. The van der Waals surface area contributed by atoms with E-state index in [1.807, 2.05) is 0 Å². The first-order valence-electron chi connectivity index (χ1n) is 9.21. The summed E-state index contributed by atoms with van der Waals surface area (Å²) in [5.41, 5.74) is -0.629. The van der Waals surface area contributed by atoms with Gasteiger partial charge in [-0.25, -0.2) is 4.79 Å². The minimum atomic E-state index is -3.68. The molecular weight excluding hydrogens is 403 g/mol. The molecule has 1 aliphatic heterocycles. The minimum Gasteiger partial charge on any atom is -0.411 e. The van der Waals surface area contributed by atoms with Gasteiger partial charge in [-0.05, 0) is 25.1 Å². The molecular formula is C17H31N2O7PSi. The van der Waals surface area contributed by atoms with Crippen LogP contribution >= 0.6 is 7.60 Å². The van der Waals surface area contributed by atoms with Gasteiger partial charge in [0.1, 0.15) is 12.3 Å². The number of aryl methyl sites for hydroxylation is 1. The second kappa shape index (κ2) is 8.01. The van der Waals surface area contributed by atoms with Crippen LogP contribution < -0.4 is 11.2 Å². The predicted molar refractivity (Wildman–Crippen MR) is 108 cm³/mol. The molecule has 1 unspecified atom stereocenters. The van der Waals surface area contributed by atoms with Crippen LogP contribution in [-0.4, -0.2) is 48.2 Å². The van der Waals surface area contributed by atoms with Crippen LogP contribution in [0.1, 0.15) is 39.0 Å². The summed E-state index contributed by atoms with van der Waals surface area (Å²) in [6.45, 7) is 13.1. The van der Waals surface area contributed by atoms with Crippen molar-refractivity contribution in [3.8, 4) is 0 Å². The molecule has 0 bridgehead atoms. The van der Waals surface area contributed by atoms with Gasteiger partial charge in [0.15, 0.2) is 8.32 Å². The summed E-state index contributed by atoms with van der Waals surface area (Å²) < 4.78 is 30.4. The molecule has 1 aliphatic rings. The zero-order valence-electron chi connectivity index (χ0n) is 17.5. The number of ether oxygens (including phenoxy) is 1. The summed E-state index contributed by atoms with van der Waals surface area (Å²) in [7, 11) is -5.85. The van der Waals surface area contributed by atoms with Gasteiger partial charge in [0, 0.05) is 24.8 Å². The monoisotopic (exact) mass is 434 g/mol. The predicted octanol–water partition coefficient (Wildman–Crippen LogP) is 2.35. The molecule has 1 saturated heterocycles. The van der Waals surface area contributed by atoms with Crippen LogP contribution in [0.4, 0.5) is 0 Å². The third kappa shape index (κ3) is 5.52. The summed E-state index contributed by atoms with van der Waals surface area (Å²) in [6, 6.07) is 0. The van der Waals surface area contributed by atoms with Crippen molar-refractivity contribution in [1.82, 2.24) is 9.55 Å². The number of aromatic amines is 1. The van der Waals surface area contributed by atoms with E-state index < -0.39 is 45.6 Å². The van der Waals surface area contributed by atoms with Gasteiger partial charge in [-0.1, -0.05) is 20.8 Å². The highest BCUT2D eigenvalue weighted by Gasteiger charge is 2.45. The molecule has 1 fully saturated rings. The zero-order chi connectivity index (χ0) is 21.5. The molecule has 2 N–H and O–H groups in total. The van der Waals surface area contributed by atoms with Gasteiger partial charge in [0.05, 0.1) is 12.7 Å². The van der Waals surface area contributed by atoms with Crippen molar-refractivity contribution in [2.45, 2.75) is 70.7 Å². The summed E-state index contributed by atoms with van der Waals surface area (Å²) >= 11 is 0. The van der Waals surface area contributed by atoms with Gasteiger partial charge in [0.25, 0.3) is 5.56 Å². The van der Waals surface area contributed by atoms with E-state index in [0.717, 1.165) is 6.66 Å². The number of H-pyrrole nitrogens is 1. The van der Waals surface area contributed by atoms with E-state index in [2.05, 4.69) is 38.8 Å². The van der Waals surface area contributed by atoms with Crippen LogP contribution in [0, 0.1) is 6.92 Å². The lowest BCUT2D eigenvalue weighted by molar-refractivity contribution is -0.0402. The smallest absolute Gasteiger partial charge is 0.330 e. The fourth-order valence-electron chi connectivity index (χ4n) is 2.71. The molecule has 2 rings (SSSR count). The lowest BCUT2D eigenvalue weighted by Gasteiger charge is -2.39. The second-order valence-electron chi connectivity index (χ2n) is 8.86. The first-order chi connectivity index (χ1) is 12.6. The van der Waals surface area contributed by atoms with Crippen LogP contribution in [0.5, 0.6) is 0 Å². The third-order valence-corrected chi connectivity index (χ3v) is 10.5. The van der Waals surface area contributed by atoms with Crippen LogP contribution in [0.3, 0.4) is 0 Å². The van der Waals surface area contributed by atoms with Crippen molar-refractivity contribution in [3.05, 3.63) is 32.6 Å². The maximum absolute atomic E-state index is 12.2. The minimum absolute atomic E-state index is 0.0427. The van der Waals surface area contributed by atoms with Gasteiger partial charge in [0.2, 0.25) is 0 Å². The molecule has 11 heteroatoms. The topological polar surface area (TPSA) is 120 Å². The van der Waals surface area contributed by atoms with Crippen LogP contribution in [-0.2, 0) is 18.3 Å². The number of rotatable bonds is 6. The maximum Gasteiger partial charge on any atom is 0.330 e. The number of hydrogen-bond acceptors (Lipinski definition) is 6. The van der Waals surface area contributed by atoms with E-state index in [1.54, 1.807) is 6.92 Å². The van der Waals surface area contributed by atoms with Gasteiger partial charge in [-0.2, -0.15) is 0 Å². The number of nitrogens with zero attached hydrogens (tertiary/aromatic N) is 1. The Morgan fingerprint density at radius 2 is 2.00 bits per heavy atom. The highest BCUT2D eigenvalue weighted by atomic mass is 31.2. The molecule has 9 nitrogen and oxygen atoms in total. The van der Waals surface area contributed by atoms with Gasteiger partial charge in [-0.3, -0.25) is 18.9 Å². The summed E-state index contributed by atoms with van der Waals surface area (Å²) in [4.78, 5) is 35.6. The highest BCUT2D eigenvalue weighted by molar-refractivity contribution is 7.51. The first kappa shape index (κ1) is 23.2. The zero-order valence-corrected chi connectivity index (χ0v) is 19.4. The quantitative estimate of drug-likeness (QED) is 0.521. The Bertz CT molecular complexity index is 867. The summed E-state index contributed by atoms with van der Waals surface area (Å²) in [6.07, 6.45) is 0.136. The van der Waals surface area contributed by atoms with Crippen molar-refractivity contribution < 1.29 is 23.1 Å². The van der Waals surface area contributed by atoms with Gasteiger partial charge >= 0.3 is 13.3 Å². The van der Waals surface area contributed by atoms with E-state index in [1.165, 1.54) is 10.8 Å². The normalized spacial score (nSPS) is 25.6. The Morgan fingerprint density at radius 1 is 1.39 bits per heavy atom. The maximum atomic E-state index is 12.2. The Labute approximate surface area is 165 Å². The van der Waals surface area contributed by atoms with E-state index >= 15 is 0 Å². The van der Waals surface area contributed by atoms with Crippen LogP contribution in [0.2, 0.25) is 18.1 Å². The van der Waals surface area contributed by atoms with Crippen molar-refractivity contribution in [2.75, 3.05) is 13.3 Å². The standard InChI is InChI=1S/C17H31N2O7PSi/c1-11-9-19(16(21)18-15(11)20)14-8-12(26-28(6,7)17(2,3)4)13(25-14)10-24-27(5,22)23/h9,12-14H,8,10H2,1-7H3,(H,22,23)(H,18,20,21)/t12-,13+,14+/m0/s1. The van der Waals surface area contributed by atoms with Crippen LogP contribution in [0.25, 0.3) is 0 Å². The van der Waals surface area contributed by atoms with Crippen LogP contribution in [0.15, 0.2) is 15.8 Å². The molecule has 0 aromatic carbocycles. The van der Waals surface area contributed by atoms with Crippen molar-refractivity contribution in [3.63, 3.8) is 0 Å². The summed E-state index contributed by atoms with van der Waals surface area (Å²) in [5.74, 6) is 0. The fourth-order valence-corrected chi connectivity index (χ4v) is 4.49. The Kier molecular flexibility index (Phi) is 6.65. The summed E-state index contributed by atoms with van der Waals surface area (Å²) in [5, 5.41) is -0.0427. The molecule has 0 saturated carbocycles. The van der Waals surface area contributed by atoms with E-state index in [4.69, 9.17) is 13.7 Å². The molecule has 0 spiro atoms. The molecule has 1 aromatic heterocycles. The number of hydrogen-bond donors (Lipinski definition) is 2. The van der Waals surface area contributed by atoms with Gasteiger partial charge < -0.3 is 18.6 Å². The molecule has 0 aliphatic carbocycles. The number of nitrogens with one attached hydrogen (secondary N) is 1. The molecule has 160 valence electrons. The Hall–Kier alpha value is -1.03. The largest absolute Gasteiger partial charge is 0.411 e. The Morgan fingerprint density at radius 3 is 2.54 bits per heavy atom. The Balaban J connectivity index is 2.31. The molecule has 0 amide bonds. The third-order valence-electron chi connectivity index (χ3n) is 5.37. The average Bonchev–Trinajstić information content (AvgIpc) is 2.89. The lowest BCUT2D eigenvalue weighted by atomic mass is 10.2. The molecule has 28 heavy (non-hydrogen) atoms. The van der Waals surface area contributed by atoms with Crippen molar-refractivity contribution in [1.29, 1.82) is 0 Å². The second-order valence-corrected chi connectivity index (χ2v) is 15.5. The molecule has 1 aromatic rings. The first-order valence-corrected chi connectivity index (χ1v) is 14.1. The SMILES string of the molecule is Cc1cn([C@H]2C[C@H](O[Si](C)(C)C(C)(C)C)[C@@H](COP(C)(=O)O)O2)c(=O)[nH]c1=O. The number of aromatic nitrogens is 2. The molecule has 4 atom stereocenters. The van der Waals surface area contributed by atoms with E-state index in [-0.39, 0.29) is 11.6 Å². The lowest BCUT2D eigenvalue weighted by Crippen LogP contribution is -2.46. The van der Waals surface area contributed by atoms with Gasteiger partial charge in [-0.15, -0.1) is 0 Å². The van der Waals surface area contributed by atoms with E-state index in [9.17, 15) is 19.0 Å². The fraction of sp³-hybridized carbons (Fsp3) is 0.765. The average molecular weight is 435 g/mol. The highest BCUT2D eigenvalue weighted by Crippen LogP contribution is 2.42. The van der Waals surface area contributed by atoms with E-state index in [0.29, 0.717) is 12.0 Å². The van der Waals surface area contributed by atoms with Crippen molar-refractivity contribution >= 4 is 15.9 Å². The molecule has 2 heterocycles.